The molecule has 2 aromatic heterocycles. The summed E-state index contributed by atoms with van der Waals surface area (Å²) in [5.41, 5.74) is 3.06. The fourth-order valence-electron chi connectivity index (χ4n) is 2.47. The van der Waals surface area contributed by atoms with Gasteiger partial charge in [0, 0.05) is 25.9 Å². The van der Waals surface area contributed by atoms with Gasteiger partial charge in [-0.25, -0.2) is 4.98 Å². The van der Waals surface area contributed by atoms with Crippen molar-refractivity contribution < 1.29 is 9.15 Å². The average molecular weight is 289 g/mol. The van der Waals surface area contributed by atoms with Crippen LogP contribution in [0.4, 0.5) is 11.4 Å². The second kappa shape index (κ2) is 6.08. The van der Waals surface area contributed by atoms with E-state index in [2.05, 4.69) is 23.3 Å². The molecule has 114 valence electrons. The number of nitrogens with zero attached hydrogens (tertiary/aromatic N) is 2. The Labute approximate surface area is 125 Å². The summed E-state index contributed by atoms with van der Waals surface area (Å²) >= 11 is 0. The second-order valence-electron chi connectivity index (χ2n) is 5.34. The Morgan fingerprint density at radius 1 is 1.33 bits per heavy atom. The van der Waals surface area contributed by atoms with Crippen molar-refractivity contribution in [3.63, 3.8) is 0 Å². The van der Waals surface area contributed by atoms with Crippen molar-refractivity contribution in [3.05, 3.63) is 35.4 Å². The Hall–Kier alpha value is -2.17. The van der Waals surface area contributed by atoms with Gasteiger partial charge in [-0.05, 0) is 32.9 Å². The number of furan rings is 1. The highest BCUT2D eigenvalue weighted by molar-refractivity contribution is 5.74. The van der Waals surface area contributed by atoms with Gasteiger partial charge in [0.05, 0.1) is 18.8 Å². The molecule has 0 spiro atoms. The highest BCUT2D eigenvalue weighted by atomic mass is 16.5. The summed E-state index contributed by atoms with van der Waals surface area (Å²) in [4.78, 5) is 6.31. The van der Waals surface area contributed by atoms with Crippen LogP contribution < -0.4 is 15.0 Å². The number of pyridine rings is 1. The van der Waals surface area contributed by atoms with Crippen LogP contribution in [0.15, 0.2) is 22.7 Å². The highest BCUT2D eigenvalue weighted by Crippen LogP contribution is 2.35. The van der Waals surface area contributed by atoms with Crippen molar-refractivity contribution in [1.29, 1.82) is 0 Å². The SMILES string of the molecule is COc1nccc(N(C)C)c1NC(C)c1cc(C)oc1C. The van der Waals surface area contributed by atoms with Gasteiger partial charge in [-0.2, -0.15) is 0 Å². The molecule has 1 unspecified atom stereocenters. The number of methoxy groups -OCH3 is 1. The van der Waals surface area contributed by atoms with E-state index in [0.29, 0.717) is 5.88 Å². The third-order valence-electron chi connectivity index (χ3n) is 3.48. The third kappa shape index (κ3) is 3.12. The summed E-state index contributed by atoms with van der Waals surface area (Å²) in [7, 11) is 5.63. The van der Waals surface area contributed by atoms with Crippen molar-refractivity contribution in [2.75, 3.05) is 31.4 Å². The number of hydrogen-bond acceptors (Lipinski definition) is 5. The lowest BCUT2D eigenvalue weighted by atomic mass is 10.1. The summed E-state index contributed by atoms with van der Waals surface area (Å²) in [5.74, 6) is 2.44. The number of ether oxygens (including phenoxy) is 1. The molecule has 5 nitrogen and oxygen atoms in total. The van der Waals surface area contributed by atoms with E-state index in [9.17, 15) is 0 Å². The van der Waals surface area contributed by atoms with Crippen LogP contribution in [0.3, 0.4) is 0 Å². The zero-order valence-corrected chi connectivity index (χ0v) is 13.5. The topological polar surface area (TPSA) is 50.5 Å². The first-order valence-corrected chi connectivity index (χ1v) is 6.97. The Balaban J connectivity index is 2.36. The highest BCUT2D eigenvalue weighted by Gasteiger charge is 2.18. The molecular formula is C16H23N3O2. The maximum absolute atomic E-state index is 5.61. The summed E-state index contributed by atoms with van der Waals surface area (Å²) in [5, 5.41) is 3.49. The molecule has 0 aliphatic heterocycles. The predicted molar refractivity (Wildman–Crippen MR) is 85.3 cm³/mol. The zero-order chi connectivity index (χ0) is 15.6. The third-order valence-corrected chi connectivity index (χ3v) is 3.48. The van der Waals surface area contributed by atoms with Gasteiger partial charge in [-0.15, -0.1) is 0 Å². The lowest BCUT2D eigenvalue weighted by molar-refractivity contribution is 0.399. The van der Waals surface area contributed by atoms with Gasteiger partial charge >= 0.3 is 0 Å². The fourth-order valence-corrected chi connectivity index (χ4v) is 2.47. The molecule has 21 heavy (non-hydrogen) atoms. The molecule has 0 fully saturated rings. The molecule has 0 aliphatic rings. The molecule has 2 aromatic rings. The molecule has 0 saturated carbocycles. The molecule has 0 aromatic carbocycles. The minimum atomic E-state index is 0.0965. The van der Waals surface area contributed by atoms with Crippen LogP contribution in [-0.4, -0.2) is 26.2 Å². The Morgan fingerprint density at radius 2 is 2.05 bits per heavy atom. The maximum Gasteiger partial charge on any atom is 0.239 e. The first-order chi connectivity index (χ1) is 9.93. The summed E-state index contributed by atoms with van der Waals surface area (Å²) in [6.07, 6.45) is 1.75. The van der Waals surface area contributed by atoms with E-state index in [1.54, 1.807) is 13.3 Å². The van der Waals surface area contributed by atoms with Gasteiger partial charge in [0.1, 0.15) is 17.2 Å². The van der Waals surface area contributed by atoms with Gasteiger partial charge in [-0.3, -0.25) is 0 Å². The van der Waals surface area contributed by atoms with Gasteiger partial charge in [0.15, 0.2) is 0 Å². The van der Waals surface area contributed by atoms with Crippen LogP contribution >= 0.6 is 0 Å². The van der Waals surface area contributed by atoms with E-state index >= 15 is 0 Å². The molecule has 0 bridgehead atoms. The summed E-state index contributed by atoms with van der Waals surface area (Å²) < 4.78 is 11.0. The largest absolute Gasteiger partial charge is 0.479 e. The standard InChI is InChI=1S/C16H23N3O2/c1-10-9-13(12(3)21-10)11(2)18-15-14(19(4)5)7-8-17-16(15)20-6/h7-9,11,18H,1-6H3. The van der Waals surface area contributed by atoms with Crippen molar-refractivity contribution in [2.24, 2.45) is 0 Å². The number of anilines is 2. The quantitative estimate of drug-likeness (QED) is 0.912. The van der Waals surface area contributed by atoms with Gasteiger partial charge in [-0.1, -0.05) is 0 Å². The number of nitrogens with one attached hydrogen (secondary N) is 1. The monoisotopic (exact) mass is 289 g/mol. The number of aryl methyl sites for hydroxylation is 2. The van der Waals surface area contributed by atoms with Crippen LogP contribution in [0.2, 0.25) is 0 Å². The first kappa shape index (κ1) is 15.2. The number of aromatic nitrogens is 1. The number of rotatable bonds is 5. The smallest absolute Gasteiger partial charge is 0.239 e. The summed E-state index contributed by atoms with van der Waals surface area (Å²) in [6.45, 7) is 6.04. The van der Waals surface area contributed by atoms with E-state index in [0.717, 1.165) is 28.5 Å². The molecule has 2 rings (SSSR count). The molecule has 5 heteroatoms. The van der Waals surface area contributed by atoms with E-state index in [4.69, 9.17) is 9.15 Å². The van der Waals surface area contributed by atoms with E-state index in [1.807, 2.05) is 38.9 Å². The lowest BCUT2D eigenvalue weighted by Crippen LogP contribution is -2.15. The molecule has 1 N–H and O–H groups in total. The van der Waals surface area contributed by atoms with Crippen LogP contribution in [-0.2, 0) is 0 Å². The molecular weight excluding hydrogens is 266 g/mol. The minimum Gasteiger partial charge on any atom is -0.479 e. The van der Waals surface area contributed by atoms with Crippen LogP contribution in [0, 0.1) is 13.8 Å². The fraction of sp³-hybridized carbons (Fsp3) is 0.438. The van der Waals surface area contributed by atoms with E-state index in [1.165, 1.54) is 0 Å². The first-order valence-electron chi connectivity index (χ1n) is 6.97. The van der Waals surface area contributed by atoms with E-state index in [-0.39, 0.29) is 6.04 Å². The average Bonchev–Trinajstić information content (AvgIpc) is 2.77. The van der Waals surface area contributed by atoms with Gasteiger partial charge < -0.3 is 19.4 Å². The van der Waals surface area contributed by atoms with E-state index < -0.39 is 0 Å². The second-order valence-corrected chi connectivity index (χ2v) is 5.34. The normalized spacial score (nSPS) is 12.1. The Morgan fingerprint density at radius 3 is 2.57 bits per heavy atom. The molecule has 0 aliphatic carbocycles. The van der Waals surface area contributed by atoms with Crippen molar-refractivity contribution in [3.8, 4) is 5.88 Å². The Kier molecular flexibility index (Phi) is 4.40. The lowest BCUT2D eigenvalue weighted by Gasteiger charge is -2.23. The minimum absolute atomic E-state index is 0.0965. The number of hydrogen-bond donors (Lipinski definition) is 1. The van der Waals surface area contributed by atoms with Crippen LogP contribution in [0.25, 0.3) is 0 Å². The maximum atomic E-state index is 5.61. The molecule has 1 atom stereocenters. The van der Waals surface area contributed by atoms with Crippen molar-refractivity contribution >= 4 is 11.4 Å². The van der Waals surface area contributed by atoms with Gasteiger partial charge in [0.25, 0.3) is 0 Å². The molecule has 0 amide bonds. The molecule has 2 heterocycles. The summed E-state index contributed by atoms with van der Waals surface area (Å²) in [6, 6.07) is 4.12. The van der Waals surface area contributed by atoms with Gasteiger partial charge in [0.2, 0.25) is 5.88 Å². The zero-order valence-electron chi connectivity index (χ0n) is 13.5. The Bertz CT molecular complexity index is 620. The van der Waals surface area contributed by atoms with Crippen LogP contribution in [0.5, 0.6) is 5.88 Å². The predicted octanol–water partition coefficient (Wildman–Crippen LogP) is 3.54. The van der Waals surface area contributed by atoms with Crippen LogP contribution in [0.1, 0.15) is 30.0 Å². The molecule has 0 saturated heterocycles. The molecule has 0 radical (unpaired) electrons. The van der Waals surface area contributed by atoms with Crippen molar-refractivity contribution in [1.82, 2.24) is 4.98 Å². The van der Waals surface area contributed by atoms with Crippen molar-refractivity contribution in [2.45, 2.75) is 26.8 Å².